The quantitative estimate of drug-likeness (QED) is 0.390. The maximum atomic E-state index is 13.7. The summed E-state index contributed by atoms with van der Waals surface area (Å²) < 4.78 is 62.2. The molecule has 6 rings (SSSR count). The number of hydrogen-bond donors (Lipinski definition) is 2. The minimum atomic E-state index is -2.73. The predicted octanol–water partition coefficient (Wildman–Crippen LogP) is 4.63. The summed E-state index contributed by atoms with van der Waals surface area (Å²) in [4.78, 5) is 30.1. The topological polar surface area (TPSA) is 140 Å². The minimum absolute atomic E-state index is 0.00325. The Balaban J connectivity index is 0.000000344. The highest BCUT2D eigenvalue weighted by Gasteiger charge is 2.69. The van der Waals surface area contributed by atoms with Crippen LogP contribution in [0.5, 0.6) is 0 Å². The van der Waals surface area contributed by atoms with Crippen LogP contribution in [0.25, 0.3) is 5.65 Å². The number of fused-ring (bicyclic) bond motifs is 2. The molecule has 44 heavy (non-hydrogen) atoms. The summed E-state index contributed by atoms with van der Waals surface area (Å²) in [6.07, 6.45) is 5.87. The molecule has 2 atom stereocenters. The monoisotopic (exact) mass is 628 g/mol. The number of alkyl halides is 4. The molecule has 3 aromatic heterocycles. The smallest absolute Gasteiger partial charge is 0.317 e. The van der Waals surface area contributed by atoms with Crippen molar-refractivity contribution in [2.24, 2.45) is 11.8 Å². The molecule has 12 nitrogen and oxygen atoms in total. The largest absolute Gasteiger partial charge is 0.388 e. The Morgan fingerprint density at radius 3 is 2.41 bits per heavy atom. The average Bonchev–Trinajstić information content (AvgIpc) is 3.28. The summed E-state index contributed by atoms with van der Waals surface area (Å²) in [6.45, 7) is 5.87. The molecule has 2 unspecified atom stereocenters. The number of aryl methyl sites for hydroxylation is 1. The van der Waals surface area contributed by atoms with Crippen LogP contribution in [-0.2, 0) is 17.8 Å². The number of rotatable bonds is 5. The van der Waals surface area contributed by atoms with Gasteiger partial charge in [-0.25, -0.2) is 36.5 Å². The molecule has 244 valence electrons. The molecule has 1 aliphatic heterocycles. The molecule has 4 heterocycles. The standard InChI is InChI=1S/C18H18F2N8O3.C6H10F2.C2H6O.C2H6/c1-9-15(26-31-25-9)16(29)21-4-11-7-28-14(24-11)2-10(3-23-28)6-27-8-13-12(18(13,19)20)5-22-17(27)30;7-6(8)4-2-1-3-5-6;1-3-2;1-2/h2-3,7,12-13H,4-6,8H2,1H3,(H,21,29)(H,22,30);1-5H2;1-2H3;1-2H3. The number of methoxy groups -OCH3 is 1. The molecule has 3 aromatic rings. The van der Waals surface area contributed by atoms with Crippen LogP contribution in [0.2, 0.25) is 0 Å². The van der Waals surface area contributed by atoms with Crippen LogP contribution < -0.4 is 10.6 Å². The highest BCUT2D eigenvalue weighted by atomic mass is 19.3. The summed E-state index contributed by atoms with van der Waals surface area (Å²) in [5, 5.41) is 16.6. The Hall–Kier alpha value is -3.82. The van der Waals surface area contributed by atoms with Gasteiger partial charge in [0.1, 0.15) is 5.69 Å². The lowest BCUT2D eigenvalue weighted by atomic mass is 9.97. The number of hydrogen-bond acceptors (Lipinski definition) is 8. The molecular formula is C28H40F4N8O4. The molecule has 0 bridgehead atoms. The number of carbonyl (C=O) groups is 2. The third-order valence-corrected chi connectivity index (χ3v) is 7.23. The van der Waals surface area contributed by atoms with Crippen molar-refractivity contribution in [1.29, 1.82) is 0 Å². The summed E-state index contributed by atoms with van der Waals surface area (Å²) in [5.74, 6) is -7.08. The Kier molecular flexibility index (Phi) is 12.0. The van der Waals surface area contributed by atoms with E-state index in [0.717, 1.165) is 6.42 Å². The molecule has 3 amide bonds. The molecular weight excluding hydrogens is 588 g/mol. The van der Waals surface area contributed by atoms with Gasteiger partial charge in [0.2, 0.25) is 5.92 Å². The zero-order valence-corrected chi connectivity index (χ0v) is 25.6. The number of imidazole rings is 1. The first-order valence-electron chi connectivity index (χ1n) is 14.5. The van der Waals surface area contributed by atoms with Gasteiger partial charge in [-0.05, 0) is 36.6 Å². The van der Waals surface area contributed by atoms with Crippen molar-refractivity contribution < 1.29 is 36.5 Å². The van der Waals surface area contributed by atoms with Crippen LogP contribution in [-0.4, -0.2) is 80.9 Å². The Morgan fingerprint density at radius 2 is 1.82 bits per heavy atom. The molecule has 3 aliphatic rings. The molecule has 2 saturated carbocycles. The van der Waals surface area contributed by atoms with Crippen LogP contribution in [0.3, 0.4) is 0 Å². The van der Waals surface area contributed by atoms with Crippen molar-refractivity contribution in [2.75, 3.05) is 27.3 Å². The minimum Gasteiger partial charge on any atom is -0.388 e. The van der Waals surface area contributed by atoms with Crippen molar-refractivity contribution in [3.8, 4) is 0 Å². The number of nitrogens with zero attached hydrogens (tertiary/aromatic N) is 6. The fraction of sp³-hybridized carbons (Fsp3) is 0.643. The van der Waals surface area contributed by atoms with E-state index in [4.69, 9.17) is 0 Å². The highest BCUT2D eigenvalue weighted by molar-refractivity contribution is 5.92. The number of amides is 3. The van der Waals surface area contributed by atoms with Crippen LogP contribution >= 0.6 is 0 Å². The second-order valence-electron chi connectivity index (χ2n) is 10.6. The first-order valence-corrected chi connectivity index (χ1v) is 14.5. The molecule has 2 N–H and O–H groups in total. The van der Waals surface area contributed by atoms with E-state index in [0.29, 0.717) is 35.4 Å². The third kappa shape index (κ3) is 8.86. The summed E-state index contributed by atoms with van der Waals surface area (Å²) in [6, 6.07) is 1.36. The Morgan fingerprint density at radius 1 is 1.14 bits per heavy atom. The Labute approximate surface area is 252 Å². The first kappa shape index (κ1) is 34.7. The number of ether oxygens (including phenoxy) is 1. The van der Waals surface area contributed by atoms with E-state index in [2.05, 4.69) is 40.4 Å². The van der Waals surface area contributed by atoms with Crippen LogP contribution in [0, 0.1) is 18.8 Å². The summed E-state index contributed by atoms with van der Waals surface area (Å²) in [5.41, 5.74) is 2.21. The number of nitrogens with one attached hydrogen (secondary N) is 2. The lowest BCUT2D eigenvalue weighted by molar-refractivity contribution is -0.0337. The first-order chi connectivity index (χ1) is 20.9. The summed E-state index contributed by atoms with van der Waals surface area (Å²) >= 11 is 0. The van der Waals surface area contributed by atoms with Gasteiger partial charge in [0.05, 0.1) is 36.5 Å². The number of carbonyl (C=O) groups excluding carboxylic acids is 2. The van der Waals surface area contributed by atoms with Gasteiger partial charge in [0, 0.05) is 46.7 Å². The second-order valence-corrected chi connectivity index (χ2v) is 10.6. The van der Waals surface area contributed by atoms with E-state index >= 15 is 0 Å². The average molecular weight is 629 g/mol. The molecule has 2 aliphatic carbocycles. The Bertz CT molecular complexity index is 1370. The zero-order chi connectivity index (χ0) is 32.5. The van der Waals surface area contributed by atoms with E-state index in [1.165, 1.54) is 9.42 Å². The van der Waals surface area contributed by atoms with Gasteiger partial charge in [-0.3, -0.25) is 4.79 Å². The predicted molar refractivity (Wildman–Crippen MR) is 151 cm³/mol. The number of aromatic nitrogens is 5. The molecule has 0 spiro atoms. The van der Waals surface area contributed by atoms with Crippen molar-refractivity contribution in [3.63, 3.8) is 0 Å². The third-order valence-electron chi connectivity index (χ3n) is 7.23. The maximum absolute atomic E-state index is 13.7. The number of urea groups is 1. The highest BCUT2D eigenvalue weighted by Crippen LogP contribution is 2.55. The van der Waals surface area contributed by atoms with E-state index in [-0.39, 0.29) is 50.7 Å². The van der Waals surface area contributed by atoms with Crippen molar-refractivity contribution in [3.05, 3.63) is 41.1 Å². The molecule has 1 saturated heterocycles. The lowest BCUT2D eigenvalue weighted by Gasteiger charge is -2.21. The van der Waals surface area contributed by atoms with E-state index in [1.54, 1.807) is 39.6 Å². The second kappa shape index (κ2) is 15.3. The van der Waals surface area contributed by atoms with E-state index in [9.17, 15) is 27.2 Å². The van der Waals surface area contributed by atoms with Crippen LogP contribution in [0.4, 0.5) is 22.4 Å². The van der Waals surface area contributed by atoms with Gasteiger partial charge in [-0.15, -0.1) is 0 Å². The molecule has 16 heteroatoms. The van der Waals surface area contributed by atoms with E-state index in [1.807, 2.05) is 13.8 Å². The fourth-order valence-corrected chi connectivity index (χ4v) is 4.87. The molecule has 0 aromatic carbocycles. The van der Waals surface area contributed by atoms with Gasteiger partial charge < -0.3 is 20.3 Å². The maximum Gasteiger partial charge on any atom is 0.317 e. The van der Waals surface area contributed by atoms with Gasteiger partial charge in [-0.1, -0.05) is 25.4 Å². The molecule has 3 fully saturated rings. The van der Waals surface area contributed by atoms with E-state index < -0.39 is 29.6 Å². The lowest BCUT2D eigenvalue weighted by Crippen LogP contribution is -2.40. The van der Waals surface area contributed by atoms with Crippen molar-refractivity contribution in [1.82, 2.24) is 40.4 Å². The van der Waals surface area contributed by atoms with Crippen molar-refractivity contribution in [2.45, 2.75) is 77.8 Å². The molecule has 0 radical (unpaired) electrons. The van der Waals surface area contributed by atoms with Gasteiger partial charge in [0.15, 0.2) is 11.3 Å². The zero-order valence-electron chi connectivity index (χ0n) is 25.6. The summed E-state index contributed by atoms with van der Waals surface area (Å²) in [7, 11) is 3.25. The van der Waals surface area contributed by atoms with Gasteiger partial charge in [-0.2, -0.15) is 5.10 Å². The van der Waals surface area contributed by atoms with Gasteiger partial charge in [0.25, 0.3) is 11.8 Å². The van der Waals surface area contributed by atoms with Crippen molar-refractivity contribution >= 4 is 17.6 Å². The number of halogens is 4. The normalized spacial score (nSPS) is 21.1. The fourth-order valence-electron chi connectivity index (χ4n) is 4.87. The van der Waals surface area contributed by atoms with Gasteiger partial charge >= 0.3 is 6.03 Å². The van der Waals surface area contributed by atoms with Crippen LogP contribution in [0.1, 0.15) is 73.4 Å². The van der Waals surface area contributed by atoms with Crippen LogP contribution in [0.15, 0.2) is 23.1 Å². The SMILES string of the molecule is CC.COC.Cc1nonc1C(=O)NCc1cn2ncc(CN3CC4C(CNC3=O)C4(F)F)cc2n1.FC1(F)CCCCC1.